The van der Waals surface area contributed by atoms with Crippen LogP contribution in [0.5, 0.6) is 0 Å². The molecule has 1 atom stereocenters. The van der Waals surface area contributed by atoms with Crippen LogP contribution < -0.4 is 10.2 Å². The first kappa shape index (κ1) is 15.6. The topological polar surface area (TPSA) is 54.5 Å². The van der Waals surface area contributed by atoms with E-state index in [1.165, 1.54) is 5.56 Å². The molecule has 0 saturated carbocycles. The summed E-state index contributed by atoms with van der Waals surface area (Å²) in [7, 11) is 0. The molecule has 116 valence electrons. The van der Waals surface area contributed by atoms with Gasteiger partial charge in [0, 0.05) is 25.8 Å². The number of aryl methyl sites for hydroxylation is 1. The SMILES string of the molecule is Cc1ccnc(N2CC[C@H](CNC(=O)OC(C)(C)C)C2)c1. The van der Waals surface area contributed by atoms with E-state index in [9.17, 15) is 4.79 Å². The van der Waals surface area contributed by atoms with E-state index in [4.69, 9.17) is 4.74 Å². The Balaban J connectivity index is 1.79. The molecule has 5 nitrogen and oxygen atoms in total. The first-order valence-corrected chi connectivity index (χ1v) is 7.48. The number of alkyl carbamates (subject to hydrolysis) is 1. The van der Waals surface area contributed by atoms with Crippen molar-refractivity contribution in [3.05, 3.63) is 23.9 Å². The van der Waals surface area contributed by atoms with Crippen LogP contribution in [0.25, 0.3) is 0 Å². The van der Waals surface area contributed by atoms with E-state index in [1.54, 1.807) is 0 Å². The van der Waals surface area contributed by atoms with Crippen LogP contribution in [0.15, 0.2) is 18.3 Å². The zero-order chi connectivity index (χ0) is 15.5. The second-order valence-electron chi connectivity index (χ2n) is 6.67. The molecule has 1 aromatic heterocycles. The smallest absolute Gasteiger partial charge is 0.407 e. The number of aromatic nitrogens is 1. The van der Waals surface area contributed by atoms with Gasteiger partial charge in [-0.25, -0.2) is 9.78 Å². The summed E-state index contributed by atoms with van der Waals surface area (Å²) in [4.78, 5) is 18.3. The number of carbonyl (C=O) groups excluding carboxylic acids is 1. The molecular weight excluding hydrogens is 266 g/mol. The van der Waals surface area contributed by atoms with Gasteiger partial charge in [0.1, 0.15) is 11.4 Å². The van der Waals surface area contributed by atoms with Gasteiger partial charge in [0.05, 0.1) is 0 Å². The highest BCUT2D eigenvalue weighted by Gasteiger charge is 2.24. The standard InChI is InChI=1S/C16H25N3O2/c1-12-5-7-17-14(9-12)19-8-6-13(11-19)10-18-15(20)21-16(2,3)4/h5,7,9,13H,6,8,10-11H2,1-4H3,(H,18,20)/t13-/m1/s1. The van der Waals surface area contributed by atoms with Crippen molar-refractivity contribution < 1.29 is 9.53 Å². The summed E-state index contributed by atoms with van der Waals surface area (Å²) in [6, 6.07) is 4.10. The molecule has 0 aliphatic carbocycles. The number of hydrogen-bond acceptors (Lipinski definition) is 4. The molecule has 5 heteroatoms. The average molecular weight is 291 g/mol. The monoisotopic (exact) mass is 291 g/mol. The van der Waals surface area contributed by atoms with E-state index >= 15 is 0 Å². The summed E-state index contributed by atoms with van der Waals surface area (Å²) in [5.74, 6) is 1.47. The lowest BCUT2D eigenvalue weighted by Gasteiger charge is -2.21. The molecule has 0 radical (unpaired) electrons. The highest BCUT2D eigenvalue weighted by atomic mass is 16.6. The zero-order valence-electron chi connectivity index (χ0n) is 13.3. The summed E-state index contributed by atoms with van der Waals surface area (Å²) in [5, 5.41) is 2.86. The molecule has 21 heavy (non-hydrogen) atoms. The van der Waals surface area contributed by atoms with Crippen molar-refractivity contribution in [2.24, 2.45) is 5.92 Å². The van der Waals surface area contributed by atoms with Gasteiger partial charge in [0.25, 0.3) is 0 Å². The van der Waals surface area contributed by atoms with E-state index in [0.717, 1.165) is 25.3 Å². The molecule has 1 saturated heterocycles. The van der Waals surface area contributed by atoms with Crippen LogP contribution in [0.4, 0.5) is 10.6 Å². The molecule has 1 aromatic rings. The fraction of sp³-hybridized carbons (Fsp3) is 0.625. The number of amides is 1. The predicted molar refractivity (Wildman–Crippen MR) is 83.5 cm³/mol. The Bertz CT molecular complexity index is 497. The first-order valence-electron chi connectivity index (χ1n) is 7.48. The van der Waals surface area contributed by atoms with Crippen molar-refractivity contribution >= 4 is 11.9 Å². The van der Waals surface area contributed by atoms with Gasteiger partial charge < -0.3 is 15.0 Å². The van der Waals surface area contributed by atoms with Crippen molar-refractivity contribution in [1.82, 2.24) is 10.3 Å². The summed E-state index contributed by atoms with van der Waals surface area (Å²) >= 11 is 0. The van der Waals surface area contributed by atoms with Crippen molar-refractivity contribution in [3.63, 3.8) is 0 Å². The highest BCUT2D eigenvalue weighted by Crippen LogP contribution is 2.22. The van der Waals surface area contributed by atoms with E-state index in [0.29, 0.717) is 12.5 Å². The van der Waals surface area contributed by atoms with Gasteiger partial charge in [-0.05, 0) is 57.7 Å². The fourth-order valence-corrected chi connectivity index (χ4v) is 2.44. The second-order valence-corrected chi connectivity index (χ2v) is 6.67. The molecule has 2 rings (SSSR count). The van der Waals surface area contributed by atoms with E-state index in [1.807, 2.05) is 33.0 Å². The van der Waals surface area contributed by atoms with Crippen LogP contribution in [0.1, 0.15) is 32.8 Å². The largest absolute Gasteiger partial charge is 0.444 e. The third-order valence-electron chi connectivity index (χ3n) is 3.44. The van der Waals surface area contributed by atoms with Gasteiger partial charge in [0.2, 0.25) is 0 Å². The van der Waals surface area contributed by atoms with E-state index < -0.39 is 5.60 Å². The summed E-state index contributed by atoms with van der Waals surface area (Å²) < 4.78 is 5.25. The van der Waals surface area contributed by atoms with Crippen LogP contribution in [0.2, 0.25) is 0 Å². The molecule has 1 fully saturated rings. The number of rotatable bonds is 3. The van der Waals surface area contributed by atoms with Gasteiger partial charge in [-0.1, -0.05) is 0 Å². The van der Waals surface area contributed by atoms with E-state index in [2.05, 4.69) is 28.2 Å². The van der Waals surface area contributed by atoms with Crippen LogP contribution in [0.3, 0.4) is 0 Å². The van der Waals surface area contributed by atoms with Crippen molar-refractivity contribution in [1.29, 1.82) is 0 Å². The molecule has 0 spiro atoms. The molecule has 1 aliphatic rings. The maximum atomic E-state index is 11.7. The third kappa shape index (κ3) is 4.92. The molecule has 0 aromatic carbocycles. The predicted octanol–water partition coefficient (Wildman–Crippen LogP) is 2.74. The first-order chi connectivity index (χ1) is 9.83. The van der Waals surface area contributed by atoms with Gasteiger partial charge in [-0.15, -0.1) is 0 Å². The van der Waals surface area contributed by atoms with Gasteiger partial charge >= 0.3 is 6.09 Å². The van der Waals surface area contributed by atoms with E-state index in [-0.39, 0.29) is 6.09 Å². The molecule has 1 amide bonds. The maximum Gasteiger partial charge on any atom is 0.407 e. The lowest BCUT2D eigenvalue weighted by Crippen LogP contribution is -2.36. The summed E-state index contributed by atoms with van der Waals surface area (Å²) in [5.41, 5.74) is 0.771. The minimum absolute atomic E-state index is 0.338. The average Bonchev–Trinajstić information content (AvgIpc) is 2.83. The molecule has 0 unspecified atom stereocenters. The number of ether oxygens (including phenoxy) is 1. The quantitative estimate of drug-likeness (QED) is 0.930. The fourth-order valence-electron chi connectivity index (χ4n) is 2.44. The zero-order valence-corrected chi connectivity index (χ0v) is 13.3. The minimum Gasteiger partial charge on any atom is -0.444 e. The number of nitrogens with zero attached hydrogens (tertiary/aromatic N) is 2. The molecule has 1 aliphatic heterocycles. The Kier molecular flexibility index (Phi) is 4.70. The summed E-state index contributed by atoms with van der Waals surface area (Å²) in [6.07, 6.45) is 2.57. The molecule has 2 heterocycles. The summed E-state index contributed by atoms with van der Waals surface area (Å²) in [6.45, 7) is 10.2. The number of pyridine rings is 1. The number of nitrogens with one attached hydrogen (secondary N) is 1. The van der Waals surface area contributed by atoms with Crippen molar-refractivity contribution in [2.45, 2.75) is 39.7 Å². The van der Waals surface area contributed by atoms with Crippen LogP contribution in [-0.2, 0) is 4.74 Å². The minimum atomic E-state index is -0.447. The Labute approximate surface area is 126 Å². The number of carbonyl (C=O) groups is 1. The lowest BCUT2D eigenvalue weighted by atomic mass is 10.1. The van der Waals surface area contributed by atoms with Crippen LogP contribution in [0, 0.1) is 12.8 Å². The second kappa shape index (κ2) is 6.33. The van der Waals surface area contributed by atoms with Crippen LogP contribution >= 0.6 is 0 Å². The maximum absolute atomic E-state index is 11.7. The Morgan fingerprint density at radius 2 is 2.29 bits per heavy atom. The Hall–Kier alpha value is -1.78. The van der Waals surface area contributed by atoms with Crippen molar-refractivity contribution in [2.75, 3.05) is 24.5 Å². The third-order valence-corrected chi connectivity index (χ3v) is 3.44. The molecular formula is C16H25N3O2. The Morgan fingerprint density at radius 1 is 1.52 bits per heavy atom. The lowest BCUT2D eigenvalue weighted by molar-refractivity contribution is 0.0520. The van der Waals surface area contributed by atoms with Gasteiger partial charge in [-0.2, -0.15) is 0 Å². The number of hydrogen-bond donors (Lipinski definition) is 1. The van der Waals surface area contributed by atoms with Crippen LogP contribution in [-0.4, -0.2) is 36.3 Å². The van der Waals surface area contributed by atoms with Crippen molar-refractivity contribution in [3.8, 4) is 0 Å². The molecule has 0 bridgehead atoms. The van der Waals surface area contributed by atoms with Gasteiger partial charge in [0.15, 0.2) is 0 Å². The Morgan fingerprint density at radius 3 is 2.95 bits per heavy atom. The highest BCUT2D eigenvalue weighted by molar-refractivity contribution is 5.67. The van der Waals surface area contributed by atoms with Gasteiger partial charge in [-0.3, -0.25) is 0 Å². The number of anilines is 1. The normalized spacial score (nSPS) is 18.7. The molecule has 1 N–H and O–H groups in total.